The van der Waals surface area contributed by atoms with Crippen LogP contribution in [0.3, 0.4) is 0 Å². The number of nitrogens with zero attached hydrogens (tertiary/aromatic N) is 5. The average molecular weight is 636 g/mol. The first-order valence-corrected chi connectivity index (χ1v) is 16.3. The van der Waals surface area contributed by atoms with Gasteiger partial charge in [0.25, 0.3) is 0 Å². The minimum Gasteiger partial charge on any atom is -0.309 e. The molecule has 9 aromatic rings. The van der Waals surface area contributed by atoms with Gasteiger partial charge in [-0.2, -0.15) is 15.8 Å². The molecule has 0 aliphatic carbocycles. The summed E-state index contributed by atoms with van der Waals surface area (Å²) in [6.45, 7) is 0. The van der Waals surface area contributed by atoms with E-state index in [0.717, 1.165) is 77.2 Å². The third kappa shape index (κ3) is 4.24. The zero-order valence-corrected chi connectivity index (χ0v) is 26.7. The van der Waals surface area contributed by atoms with Gasteiger partial charge in [-0.05, 0) is 60.2 Å². The van der Waals surface area contributed by atoms with Crippen LogP contribution < -0.4 is 0 Å². The molecule has 2 aromatic heterocycles. The highest BCUT2D eigenvalue weighted by molar-refractivity contribution is 6.12. The molecular weight excluding hydrogens is 611 g/mol. The van der Waals surface area contributed by atoms with Gasteiger partial charge in [0, 0.05) is 43.9 Å². The Balaban J connectivity index is 1.20. The smallest absolute Gasteiger partial charge is 0.101 e. The van der Waals surface area contributed by atoms with Gasteiger partial charge in [-0.25, -0.2) is 0 Å². The van der Waals surface area contributed by atoms with Crippen LogP contribution in [0.15, 0.2) is 152 Å². The summed E-state index contributed by atoms with van der Waals surface area (Å²) in [5.74, 6) is 0. The van der Waals surface area contributed by atoms with E-state index in [9.17, 15) is 15.8 Å². The largest absolute Gasteiger partial charge is 0.309 e. The van der Waals surface area contributed by atoms with E-state index in [2.05, 4.69) is 88.0 Å². The summed E-state index contributed by atoms with van der Waals surface area (Å²) in [5, 5.41) is 34.6. The quantitative estimate of drug-likeness (QED) is 0.193. The maximum atomic E-state index is 10.7. The average Bonchev–Trinajstić information content (AvgIpc) is 3.70. The Morgan fingerprint density at radius 1 is 0.420 bits per heavy atom. The van der Waals surface area contributed by atoms with Crippen molar-refractivity contribution in [3.8, 4) is 51.8 Å². The van der Waals surface area contributed by atoms with Crippen LogP contribution in [0.2, 0.25) is 0 Å². The van der Waals surface area contributed by atoms with E-state index in [1.54, 1.807) is 0 Å². The Bertz CT molecular complexity index is 2960. The molecule has 9 rings (SSSR count). The van der Waals surface area contributed by atoms with Crippen molar-refractivity contribution in [1.29, 1.82) is 15.8 Å². The summed E-state index contributed by atoms with van der Waals surface area (Å²) < 4.78 is 4.38. The fourth-order valence-corrected chi connectivity index (χ4v) is 7.50. The molecule has 0 saturated carbocycles. The molecule has 0 radical (unpaired) electrons. The van der Waals surface area contributed by atoms with Gasteiger partial charge in [0.1, 0.15) is 12.1 Å². The van der Waals surface area contributed by atoms with Crippen LogP contribution in [-0.2, 0) is 0 Å². The van der Waals surface area contributed by atoms with Crippen molar-refractivity contribution in [2.24, 2.45) is 0 Å². The van der Waals surface area contributed by atoms with Gasteiger partial charge in [0.15, 0.2) is 0 Å². The summed E-state index contributed by atoms with van der Waals surface area (Å²) in [6, 6.07) is 57.7. The van der Waals surface area contributed by atoms with E-state index in [-0.39, 0.29) is 0 Å². The van der Waals surface area contributed by atoms with Crippen molar-refractivity contribution in [2.45, 2.75) is 0 Å². The van der Waals surface area contributed by atoms with E-state index < -0.39 is 0 Å². The van der Waals surface area contributed by atoms with E-state index in [4.69, 9.17) is 0 Å². The Hall–Kier alpha value is -7.39. The molecule has 5 nitrogen and oxygen atoms in total. The lowest BCUT2D eigenvalue weighted by Crippen LogP contribution is -2.00. The summed E-state index contributed by atoms with van der Waals surface area (Å²) in [7, 11) is 0. The normalized spacial score (nSPS) is 11.1. The monoisotopic (exact) mass is 635 g/mol. The SMILES string of the molecule is N#Cc1ccc2c(c1)c1ccccc1n2-c1ccc(-c2cccc(-c3ccccc3-n3c4ccccc4c4cccc(C#N)c43)c2C#N)cc1. The molecule has 5 heteroatoms. The number of benzene rings is 7. The maximum Gasteiger partial charge on any atom is 0.101 e. The van der Waals surface area contributed by atoms with Crippen LogP contribution >= 0.6 is 0 Å². The molecule has 0 amide bonds. The van der Waals surface area contributed by atoms with Crippen LogP contribution in [0.4, 0.5) is 0 Å². The van der Waals surface area contributed by atoms with Crippen molar-refractivity contribution in [3.05, 3.63) is 168 Å². The highest BCUT2D eigenvalue weighted by atomic mass is 15.0. The fraction of sp³-hybridized carbons (Fsp3) is 0. The summed E-state index contributed by atoms with van der Waals surface area (Å²) in [6.07, 6.45) is 0. The molecule has 0 spiro atoms. The lowest BCUT2D eigenvalue weighted by atomic mass is 9.91. The van der Waals surface area contributed by atoms with Crippen molar-refractivity contribution >= 4 is 43.6 Å². The lowest BCUT2D eigenvalue weighted by molar-refractivity contribution is 1.18. The third-order valence-electron chi connectivity index (χ3n) is 9.66. The molecule has 0 aliphatic heterocycles. The Kier molecular flexibility index (Phi) is 6.56. The summed E-state index contributed by atoms with van der Waals surface area (Å²) in [5.41, 5.74) is 11.1. The fourth-order valence-electron chi connectivity index (χ4n) is 7.50. The zero-order valence-electron chi connectivity index (χ0n) is 26.7. The van der Waals surface area contributed by atoms with Gasteiger partial charge in [0.05, 0.1) is 50.5 Å². The van der Waals surface area contributed by atoms with Gasteiger partial charge >= 0.3 is 0 Å². The second-order valence-electron chi connectivity index (χ2n) is 12.3. The molecular formula is C45H25N5. The molecule has 50 heavy (non-hydrogen) atoms. The van der Waals surface area contributed by atoms with Crippen molar-refractivity contribution < 1.29 is 0 Å². The topological polar surface area (TPSA) is 81.2 Å². The van der Waals surface area contributed by atoms with Crippen LogP contribution in [0, 0.1) is 34.0 Å². The molecule has 0 aliphatic rings. The van der Waals surface area contributed by atoms with Gasteiger partial charge < -0.3 is 9.13 Å². The first-order chi connectivity index (χ1) is 24.7. The van der Waals surface area contributed by atoms with Crippen LogP contribution in [0.5, 0.6) is 0 Å². The first kappa shape index (κ1) is 28.8. The molecule has 2 heterocycles. The number of hydrogen-bond acceptors (Lipinski definition) is 3. The Labute approximate surface area is 287 Å². The van der Waals surface area contributed by atoms with E-state index in [1.165, 1.54) is 0 Å². The summed E-state index contributed by atoms with van der Waals surface area (Å²) >= 11 is 0. The van der Waals surface area contributed by atoms with Crippen LogP contribution in [0.25, 0.3) is 77.2 Å². The molecule has 0 N–H and O–H groups in total. The highest BCUT2D eigenvalue weighted by Gasteiger charge is 2.20. The molecule has 0 saturated heterocycles. The molecule has 230 valence electrons. The minimum absolute atomic E-state index is 0.579. The van der Waals surface area contributed by atoms with Crippen LogP contribution in [-0.4, -0.2) is 9.13 Å². The predicted molar refractivity (Wildman–Crippen MR) is 200 cm³/mol. The second kappa shape index (κ2) is 11.4. The number of nitriles is 3. The number of aromatic nitrogens is 2. The molecule has 0 atom stereocenters. The van der Waals surface area contributed by atoms with Crippen LogP contribution in [0.1, 0.15) is 16.7 Å². The highest BCUT2D eigenvalue weighted by Crippen LogP contribution is 2.40. The maximum absolute atomic E-state index is 10.7. The third-order valence-corrected chi connectivity index (χ3v) is 9.66. The first-order valence-electron chi connectivity index (χ1n) is 16.3. The number of para-hydroxylation sites is 4. The standard InChI is InChI=1S/C45H25N5/c46-26-29-19-24-44-39(25-29)37-12-3-4-16-41(37)49(44)32-22-20-30(21-23-32)33-13-8-14-34(40(33)28-48)35-10-1-5-17-42(35)50-43-18-6-2-11-36(43)38-15-7-9-31(27-47)45(38)50/h1-25H. The number of hydrogen-bond donors (Lipinski definition) is 0. The molecule has 0 unspecified atom stereocenters. The lowest BCUT2D eigenvalue weighted by Gasteiger charge is -2.17. The Morgan fingerprint density at radius 3 is 1.80 bits per heavy atom. The summed E-state index contributed by atoms with van der Waals surface area (Å²) in [4.78, 5) is 0. The van der Waals surface area contributed by atoms with E-state index in [0.29, 0.717) is 16.7 Å². The predicted octanol–water partition coefficient (Wildman–Crippen LogP) is 10.8. The minimum atomic E-state index is 0.579. The van der Waals surface area contributed by atoms with Crippen molar-refractivity contribution in [2.75, 3.05) is 0 Å². The van der Waals surface area contributed by atoms with Gasteiger partial charge in [0.2, 0.25) is 0 Å². The number of rotatable bonds is 4. The van der Waals surface area contributed by atoms with Crippen molar-refractivity contribution in [3.63, 3.8) is 0 Å². The van der Waals surface area contributed by atoms with Gasteiger partial charge in [-0.1, -0.05) is 97.1 Å². The van der Waals surface area contributed by atoms with Gasteiger partial charge in [-0.3, -0.25) is 0 Å². The number of fused-ring (bicyclic) bond motifs is 6. The molecule has 0 bridgehead atoms. The van der Waals surface area contributed by atoms with Crippen molar-refractivity contribution in [1.82, 2.24) is 9.13 Å². The van der Waals surface area contributed by atoms with Gasteiger partial charge in [-0.15, -0.1) is 0 Å². The van der Waals surface area contributed by atoms with E-state index >= 15 is 0 Å². The molecule has 0 fully saturated rings. The Morgan fingerprint density at radius 2 is 1.04 bits per heavy atom. The van der Waals surface area contributed by atoms with E-state index in [1.807, 2.05) is 91.0 Å². The molecule has 7 aromatic carbocycles. The second-order valence-corrected chi connectivity index (χ2v) is 12.3. The zero-order chi connectivity index (χ0) is 33.8.